The maximum Gasteiger partial charge on any atom is 0.329 e. The van der Waals surface area contributed by atoms with Gasteiger partial charge in [-0.25, -0.2) is 39.4 Å². The average molecular weight is 1880 g/mol. The van der Waals surface area contributed by atoms with Crippen LogP contribution >= 0.6 is 0 Å². The number of anilines is 4. The number of ether oxygens (including phenoxy) is 9. The molecule has 3 amide bonds. The summed E-state index contributed by atoms with van der Waals surface area (Å²) in [5, 5.41) is 31.9. The third-order valence-electron chi connectivity index (χ3n) is 26.8. The van der Waals surface area contributed by atoms with Crippen LogP contribution < -0.4 is 26.6 Å². The molecule has 5 aliphatic heterocycles. The number of esters is 2. The summed E-state index contributed by atoms with van der Waals surface area (Å²) in [7, 11) is 6.07. The number of Topliss-reactive ketones (excluding diaryl/α,β-unsaturated/α-hetero) is 3. The fourth-order valence-electron chi connectivity index (χ4n) is 18.7. The number of aromatic nitrogens is 9. The van der Waals surface area contributed by atoms with Gasteiger partial charge in [-0.15, -0.1) is 0 Å². The molecule has 736 valence electrons. The molecule has 7 N–H and O–H groups in total. The lowest BCUT2D eigenvalue weighted by Crippen LogP contribution is -2.61. The number of aliphatic hydroxyl groups is 2. The first-order valence-electron chi connectivity index (χ1n) is 47.8. The van der Waals surface area contributed by atoms with Gasteiger partial charge in [0.1, 0.15) is 59.6 Å². The Hall–Kier alpha value is -11.2. The van der Waals surface area contributed by atoms with Gasteiger partial charge in [0.15, 0.2) is 17.0 Å². The van der Waals surface area contributed by atoms with Crippen LogP contribution in [0.4, 0.5) is 23.7 Å². The summed E-state index contributed by atoms with van der Waals surface area (Å²) in [6.45, 7) is 22.2. The first-order chi connectivity index (χ1) is 65.5. The van der Waals surface area contributed by atoms with Gasteiger partial charge >= 0.3 is 11.9 Å². The number of aryl methyl sites for hydroxylation is 1. The van der Waals surface area contributed by atoms with Crippen molar-refractivity contribution in [3.8, 4) is 11.3 Å². The van der Waals surface area contributed by atoms with E-state index in [1.54, 1.807) is 67.4 Å². The molecule has 1 saturated carbocycles. The number of nitrogens with one attached hydrogen (secondary N) is 1. The molecule has 15 atom stereocenters. The van der Waals surface area contributed by atoms with E-state index in [2.05, 4.69) is 70.2 Å². The number of rotatable bonds is 27. The Balaban J connectivity index is 0.000000306. The summed E-state index contributed by atoms with van der Waals surface area (Å²) in [6, 6.07) is 10.8. The number of cyclic esters (lactones) is 1. The van der Waals surface area contributed by atoms with Gasteiger partial charge in [0.2, 0.25) is 23.6 Å². The predicted octanol–water partition coefficient (Wildman–Crippen LogP) is 10.2. The van der Waals surface area contributed by atoms with Crippen molar-refractivity contribution in [3.05, 3.63) is 143 Å². The Morgan fingerprint density at radius 1 is 0.721 bits per heavy atom. The van der Waals surface area contributed by atoms with Gasteiger partial charge in [-0.05, 0) is 167 Å². The average Bonchev–Trinajstić information content (AvgIpc) is 1.54. The Kier molecular flexibility index (Phi) is 37.9. The van der Waals surface area contributed by atoms with Gasteiger partial charge in [0.25, 0.3) is 23.6 Å². The van der Waals surface area contributed by atoms with Gasteiger partial charge < -0.3 is 93.6 Å². The molecule has 3 saturated heterocycles. The molecule has 6 aliphatic rings. The molecular formula is C100H136N16O20. The number of nitrogen functional groups attached to an aromatic ring is 2. The summed E-state index contributed by atoms with van der Waals surface area (Å²) < 4.78 is 59.9. The highest BCUT2D eigenvalue weighted by Gasteiger charge is 2.53. The van der Waals surface area contributed by atoms with Crippen LogP contribution in [0.2, 0.25) is 0 Å². The highest BCUT2D eigenvalue weighted by Crippen LogP contribution is 2.40. The standard InChI is InChI=1S/C68H98N8O15.C32H38N8O5/c1-41-17-13-12-14-18-42(2)55(86-9)35-51-23-20-47(7)68(85,91-51)62(81)64(83)76-26-16-15-19-52(76)65(84)90-56(36-53(77)43(3)32-46(6)60(80)61(88-11)59(79)45(5)31-41)44(4)33-48-21-24-54(57(34-48)87-10)89-58(78)25-22-49-37-70-66(71-38-49)74-27-29-75(30-28-74)67-72-39-50(40-73-67)63(82)69-8;1-2-10-42-12-14-44-15-13-43-11-8-27(41)39-9-7-22-16-21(3-4-24(22)19-39)18-40-31-28(30(33)35-20-36-31)29(38-40)23-5-6-26-25(17-23)37-32(34)45-26/h12-14,17-18,32,37-41,43-45,47-48,51-52,54-57,60-61,80,85H,15-16,19-31,33-36H2,1-11H3,(H,69,82);3-6,16-17,20H,2,7-15,18-19H2,1H3,(H2,34,37)(H2,33,35,36)/b14-12+,17-13+,42-18+,46-32+;/t41-,43-,44-,45-,47-,48+,51+,52+,54-,55+,56+,57-,60-,61+,68-;/m1./s1. The fraction of sp³-hybridized carbons (Fsp3) is 0.580. The number of aliphatic hydroxyl groups excluding tert-OH is 1. The zero-order valence-corrected chi connectivity index (χ0v) is 80.5. The normalized spacial score (nSPS) is 26.5. The van der Waals surface area contributed by atoms with Crippen LogP contribution in [-0.4, -0.2) is 274 Å². The lowest BCUT2D eigenvalue weighted by molar-refractivity contribution is -0.265. The van der Waals surface area contributed by atoms with E-state index in [1.165, 1.54) is 36.3 Å². The second-order valence-corrected chi connectivity index (χ2v) is 36.7. The summed E-state index contributed by atoms with van der Waals surface area (Å²) >= 11 is 0. The maximum atomic E-state index is 14.7. The third kappa shape index (κ3) is 27.2. The molecule has 36 heteroatoms. The number of fused-ring (bicyclic) bond motifs is 6. The first-order valence-corrected chi connectivity index (χ1v) is 47.8. The smallest absolute Gasteiger partial charge is 0.329 e. The summed E-state index contributed by atoms with van der Waals surface area (Å²) in [5.41, 5.74) is 21.2. The molecule has 36 nitrogen and oxygen atoms in total. The van der Waals surface area contributed by atoms with Gasteiger partial charge in [-0.2, -0.15) is 10.1 Å². The van der Waals surface area contributed by atoms with Crippen LogP contribution in [-0.2, 0) is 102 Å². The van der Waals surface area contributed by atoms with Crippen LogP contribution in [0.3, 0.4) is 0 Å². The van der Waals surface area contributed by atoms with Crippen molar-refractivity contribution in [2.75, 3.05) is 129 Å². The van der Waals surface area contributed by atoms with Crippen LogP contribution in [0.15, 0.2) is 120 Å². The second-order valence-electron chi connectivity index (χ2n) is 36.7. The maximum absolute atomic E-state index is 14.7. The molecule has 4 fully saturated rings. The van der Waals surface area contributed by atoms with Gasteiger partial charge in [-0.1, -0.05) is 96.2 Å². The quantitative estimate of drug-likeness (QED) is 0.0138. The lowest BCUT2D eigenvalue weighted by atomic mass is 9.78. The molecule has 0 spiro atoms. The number of allylic oxidation sites excluding steroid dienone is 6. The van der Waals surface area contributed by atoms with E-state index in [0.29, 0.717) is 213 Å². The Labute approximate surface area is 794 Å². The van der Waals surface area contributed by atoms with Gasteiger partial charge in [0.05, 0.1) is 75.3 Å². The largest absolute Gasteiger partial charge is 0.460 e. The number of carbonyl (C=O) groups excluding carboxylic acids is 8. The number of carbonyl (C=O) groups is 8. The number of piperidine rings is 1. The summed E-state index contributed by atoms with van der Waals surface area (Å²) in [5.74, 6) is -7.62. The molecule has 10 heterocycles. The molecule has 136 heavy (non-hydrogen) atoms. The zero-order valence-electron chi connectivity index (χ0n) is 80.5. The Morgan fingerprint density at radius 2 is 1.43 bits per heavy atom. The lowest BCUT2D eigenvalue weighted by Gasteiger charge is -2.42. The number of hydrogen-bond donors (Lipinski definition) is 5. The number of amides is 3. The van der Waals surface area contributed by atoms with Crippen molar-refractivity contribution >= 4 is 92.9 Å². The Morgan fingerprint density at radius 3 is 2.13 bits per heavy atom. The number of benzene rings is 2. The predicted molar refractivity (Wildman–Crippen MR) is 508 cm³/mol. The molecule has 13 rings (SSSR count). The van der Waals surface area contributed by atoms with Gasteiger partial charge in [-0.3, -0.25) is 33.6 Å². The second kappa shape index (κ2) is 49.7. The molecule has 2 bridgehead atoms. The van der Waals surface area contributed by atoms with Crippen LogP contribution in [0.1, 0.15) is 184 Å². The molecule has 0 radical (unpaired) electrons. The van der Waals surface area contributed by atoms with E-state index < -0.39 is 95.9 Å². The third-order valence-corrected chi connectivity index (χ3v) is 26.8. The van der Waals surface area contributed by atoms with Crippen molar-refractivity contribution in [1.29, 1.82) is 0 Å². The molecule has 1 aliphatic carbocycles. The van der Waals surface area contributed by atoms with Crippen molar-refractivity contribution in [1.82, 2.24) is 59.8 Å². The molecule has 7 aromatic rings. The minimum atomic E-state index is -2.47. The highest BCUT2D eigenvalue weighted by molar-refractivity contribution is 6.39. The van der Waals surface area contributed by atoms with Crippen molar-refractivity contribution in [2.45, 2.75) is 232 Å². The van der Waals surface area contributed by atoms with E-state index in [-0.39, 0.29) is 73.0 Å². The topological polar surface area (TPSA) is 458 Å². The number of methoxy groups -OCH3 is 3. The minimum absolute atomic E-state index is 0.00454. The van der Waals surface area contributed by atoms with E-state index in [1.807, 2.05) is 83.8 Å². The van der Waals surface area contributed by atoms with Crippen LogP contribution in [0.5, 0.6) is 0 Å². The summed E-state index contributed by atoms with van der Waals surface area (Å²) in [6.07, 6.45) is 20.8. The van der Waals surface area contributed by atoms with E-state index in [0.717, 1.165) is 47.3 Å². The van der Waals surface area contributed by atoms with Crippen molar-refractivity contribution in [2.24, 2.45) is 35.5 Å². The fourth-order valence-corrected chi connectivity index (χ4v) is 18.7. The number of nitrogens with zero attached hydrogens (tertiary/aromatic N) is 13. The summed E-state index contributed by atoms with van der Waals surface area (Å²) in [4.78, 5) is 148. The Bertz CT molecular complexity index is 5350. The minimum Gasteiger partial charge on any atom is -0.460 e. The van der Waals surface area contributed by atoms with Gasteiger partial charge in [0, 0.05) is 148 Å². The van der Waals surface area contributed by atoms with E-state index in [4.69, 9.17) is 63.6 Å². The van der Waals surface area contributed by atoms with Crippen LogP contribution in [0, 0.1) is 35.5 Å². The van der Waals surface area contributed by atoms with Crippen LogP contribution in [0.25, 0.3) is 33.4 Å². The molecule has 5 aromatic heterocycles. The monoisotopic (exact) mass is 1880 g/mol. The number of hydrogen-bond acceptors (Lipinski definition) is 32. The van der Waals surface area contributed by atoms with E-state index in [9.17, 15) is 48.6 Å². The van der Waals surface area contributed by atoms with Crippen molar-refractivity contribution in [3.63, 3.8) is 0 Å². The number of ketones is 3. The zero-order chi connectivity index (χ0) is 97.3. The number of oxazole rings is 1. The van der Waals surface area contributed by atoms with E-state index >= 15 is 0 Å². The first kappa shape index (κ1) is 104. The molecule has 2 aromatic carbocycles. The number of nitrogens with two attached hydrogens (primary N) is 2. The highest BCUT2D eigenvalue weighted by atomic mass is 16.6. The number of piperazine rings is 1. The molecular weight excluding hydrogens is 1750 g/mol. The molecule has 0 unspecified atom stereocenters. The van der Waals surface area contributed by atoms with Crippen molar-refractivity contribution < 1.29 is 95.6 Å². The SMILES string of the molecule is CCCOCCOCCOCCC(=O)N1CCc2cc(Cn3nc(-c4ccc5oc(N)nc5c4)c4c(N)ncnc43)ccc2C1.CNC(=O)c1cnc(N2CCN(c3ncc(CCC(=O)O[C@@H]4CC[C@@H](C[C@@H](C)[C@@H]5CC(=O)[C@H](C)/C=C(\C)[C@@H](O)[C@@H](OC)C(=O)[C@H](C)C[C@H](C)/C=C/C=C/C=C(\C)[C@@H](OC)C[C@@H]6CC[C@@H](C)[C@@](O)(O6)C(=O)C(=O)N6CCCC[C@H]6C(=O)O5)C[C@H]4OC)cn3)CC2)nc1.